The van der Waals surface area contributed by atoms with E-state index in [0.717, 1.165) is 26.6 Å². The Morgan fingerprint density at radius 1 is 1.00 bits per heavy atom. The molecular weight excluding hydrogens is 488 g/mol. The zero-order valence-electron chi connectivity index (χ0n) is 19.9. The molecule has 1 unspecified atom stereocenters. The summed E-state index contributed by atoms with van der Waals surface area (Å²) in [5, 5.41) is 5.14. The van der Waals surface area contributed by atoms with Crippen molar-refractivity contribution in [2.75, 3.05) is 13.7 Å². The first-order valence-electron chi connectivity index (χ1n) is 11.7. The Balaban J connectivity index is 1.29. The Bertz CT molecular complexity index is 1530. The minimum absolute atomic E-state index is 0.00256. The predicted molar refractivity (Wildman–Crippen MR) is 139 cm³/mol. The number of carbonyl (C=O) groups excluding carboxylic acids is 3. The largest absolute Gasteiger partial charge is 0.497 e. The normalized spacial score (nSPS) is 18.5. The molecule has 2 aliphatic rings. The minimum atomic E-state index is -1.40. The van der Waals surface area contributed by atoms with Crippen LogP contribution in [-0.2, 0) is 16.9 Å². The molecule has 0 aliphatic carbocycles. The van der Waals surface area contributed by atoms with Crippen molar-refractivity contribution in [1.82, 2.24) is 20.5 Å². The summed E-state index contributed by atoms with van der Waals surface area (Å²) in [7, 11) is 1.55. The number of thiophene rings is 1. The van der Waals surface area contributed by atoms with E-state index in [1.807, 2.05) is 60.7 Å². The van der Waals surface area contributed by atoms with Gasteiger partial charge in [-0.3, -0.25) is 19.9 Å². The number of pyridine rings is 1. The fourth-order valence-electron chi connectivity index (χ4n) is 4.84. The third-order valence-corrected chi connectivity index (χ3v) is 7.91. The van der Waals surface area contributed by atoms with E-state index in [1.54, 1.807) is 41.7 Å². The van der Waals surface area contributed by atoms with E-state index in [4.69, 9.17) is 4.74 Å². The molecule has 8 nitrogen and oxygen atoms in total. The van der Waals surface area contributed by atoms with Gasteiger partial charge >= 0.3 is 6.03 Å². The average molecular weight is 511 g/mol. The summed E-state index contributed by atoms with van der Waals surface area (Å²) in [6.07, 6.45) is 1.77. The molecule has 2 N–H and O–H groups in total. The summed E-state index contributed by atoms with van der Waals surface area (Å²) in [4.78, 5) is 46.7. The third kappa shape index (κ3) is 3.93. The first kappa shape index (κ1) is 22.9. The summed E-state index contributed by atoms with van der Waals surface area (Å²) < 4.78 is 5.26. The lowest BCUT2D eigenvalue weighted by atomic mass is 9.88. The van der Waals surface area contributed by atoms with Gasteiger partial charge in [-0.25, -0.2) is 4.79 Å². The number of fused-ring (bicyclic) bond motifs is 1. The van der Waals surface area contributed by atoms with E-state index in [2.05, 4.69) is 15.6 Å². The van der Waals surface area contributed by atoms with E-state index in [9.17, 15) is 14.4 Å². The molecule has 1 saturated heterocycles. The van der Waals surface area contributed by atoms with Gasteiger partial charge in [0.05, 0.1) is 24.2 Å². The second-order valence-corrected chi connectivity index (χ2v) is 10.0. The van der Waals surface area contributed by atoms with Crippen molar-refractivity contribution in [2.24, 2.45) is 0 Å². The van der Waals surface area contributed by atoms with Gasteiger partial charge in [-0.15, -0.1) is 11.3 Å². The molecule has 9 heteroatoms. The molecule has 0 spiro atoms. The number of amides is 4. The van der Waals surface area contributed by atoms with Crippen LogP contribution in [0.15, 0.2) is 79.0 Å². The van der Waals surface area contributed by atoms with Crippen LogP contribution in [0, 0.1) is 0 Å². The lowest BCUT2D eigenvalue weighted by Crippen LogP contribution is -2.52. The van der Waals surface area contributed by atoms with Crippen molar-refractivity contribution in [3.05, 3.63) is 95.7 Å². The summed E-state index contributed by atoms with van der Waals surface area (Å²) in [6, 6.07) is 22.2. The zero-order valence-corrected chi connectivity index (χ0v) is 20.7. The molecule has 4 amide bonds. The monoisotopic (exact) mass is 510 g/mol. The molecule has 6 rings (SSSR count). The third-order valence-electron chi connectivity index (χ3n) is 6.75. The molecular formula is C28H22N4O4S. The number of nitrogens with one attached hydrogen (secondary N) is 2. The Labute approximate surface area is 216 Å². The number of imide groups is 1. The number of nitrogens with zero attached hydrogens (tertiary/aromatic N) is 2. The van der Waals surface area contributed by atoms with Gasteiger partial charge in [0.25, 0.3) is 11.8 Å². The number of carbonyl (C=O) groups is 3. The van der Waals surface area contributed by atoms with Crippen LogP contribution >= 0.6 is 11.3 Å². The lowest BCUT2D eigenvalue weighted by molar-refractivity contribution is -0.124. The van der Waals surface area contributed by atoms with Crippen LogP contribution in [0.4, 0.5) is 4.79 Å². The van der Waals surface area contributed by atoms with Crippen LogP contribution in [0.2, 0.25) is 0 Å². The number of rotatable bonds is 6. The Morgan fingerprint density at radius 2 is 1.81 bits per heavy atom. The molecule has 184 valence electrons. The smallest absolute Gasteiger partial charge is 0.322 e. The Kier molecular flexibility index (Phi) is 5.49. The maximum Gasteiger partial charge on any atom is 0.322 e. The fourth-order valence-corrected chi connectivity index (χ4v) is 5.83. The van der Waals surface area contributed by atoms with E-state index in [-0.39, 0.29) is 12.5 Å². The molecule has 2 aromatic heterocycles. The van der Waals surface area contributed by atoms with Crippen LogP contribution in [0.3, 0.4) is 0 Å². The molecule has 37 heavy (non-hydrogen) atoms. The zero-order chi connectivity index (χ0) is 25.6. The second-order valence-electron chi connectivity index (χ2n) is 8.95. The molecule has 1 fully saturated rings. The van der Waals surface area contributed by atoms with Gasteiger partial charge in [0, 0.05) is 23.2 Å². The van der Waals surface area contributed by atoms with Crippen LogP contribution in [0.5, 0.6) is 5.75 Å². The fraction of sp³-hybridized carbons (Fsp3) is 0.143. The summed E-state index contributed by atoms with van der Waals surface area (Å²) in [5.74, 6) is -0.106. The Morgan fingerprint density at radius 3 is 2.51 bits per heavy atom. The van der Waals surface area contributed by atoms with Crippen molar-refractivity contribution in [2.45, 2.75) is 12.1 Å². The molecule has 4 aromatic rings. The molecule has 2 aromatic carbocycles. The van der Waals surface area contributed by atoms with Gasteiger partial charge in [0.2, 0.25) is 0 Å². The summed E-state index contributed by atoms with van der Waals surface area (Å²) >= 11 is 1.62. The van der Waals surface area contributed by atoms with Crippen molar-refractivity contribution in [3.8, 4) is 26.8 Å². The molecule has 0 bridgehead atoms. The number of hydrogen-bond donors (Lipinski definition) is 2. The summed E-state index contributed by atoms with van der Waals surface area (Å²) in [6.45, 7) is 0.342. The van der Waals surface area contributed by atoms with Gasteiger partial charge in [0.1, 0.15) is 5.75 Å². The second kappa shape index (κ2) is 8.86. The lowest BCUT2D eigenvalue weighted by Gasteiger charge is -2.31. The van der Waals surface area contributed by atoms with Gasteiger partial charge < -0.3 is 15.0 Å². The SMILES string of the molecule is COc1ccc2c(c1)C(=O)N(CC1(c3ccc(-c4ccc(-c5ccccn5)s4)cc3)NC(=O)NC1=O)C2. The van der Waals surface area contributed by atoms with E-state index >= 15 is 0 Å². The first-order valence-corrected chi connectivity index (χ1v) is 12.5. The number of hydrogen-bond acceptors (Lipinski definition) is 6. The van der Waals surface area contributed by atoms with Crippen molar-refractivity contribution >= 4 is 29.2 Å². The molecule has 2 aliphatic heterocycles. The number of ether oxygens (including phenoxy) is 1. The molecule has 4 heterocycles. The van der Waals surface area contributed by atoms with Crippen LogP contribution in [0.1, 0.15) is 21.5 Å². The standard InChI is InChI=1S/C28H22N4O4S/c1-36-20-10-7-18-15-32(25(33)21(18)14-20)16-28(26(34)30-27(35)31-28)19-8-5-17(6-9-19)23-11-12-24(37-23)22-4-2-3-13-29-22/h2-14H,15-16H2,1H3,(H2,30,31,34,35). The van der Waals surface area contributed by atoms with Crippen molar-refractivity contribution in [1.29, 1.82) is 0 Å². The topological polar surface area (TPSA) is 101 Å². The maximum atomic E-state index is 13.2. The van der Waals surface area contributed by atoms with E-state index in [1.165, 1.54) is 0 Å². The summed E-state index contributed by atoms with van der Waals surface area (Å²) in [5.41, 5.74) is 2.48. The van der Waals surface area contributed by atoms with E-state index in [0.29, 0.717) is 23.4 Å². The van der Waals surface area contributed by atoms with Crippen molar-refractivity contribution < 1.29 is 19.1 Å². The minimum Gasteiger partial charge on any atom is -0.497 e. The van der Waals surface area contributed by atoms with E-state index < -0.39 is 17.5 Å². The van der Waals surface area contributed by atoms with Crippen LogP contribution in [0.25, 0.3) is 21.0 Å². The first-order chi connectivity index (χ1) is 18.0. The highest BCUT2D eigenvalue weighted by atomic mass is 32.1. The van der Waals surface area contributed by atoms with Gasteiger partial charge in [-0.1, -0.05) is 36.4 Å². The maximum absolute atomic E-state index is 13.2. The number of aromatic nitrogens is 1. The van der Waals surface area contributed by atoms with Crippen molar-refractivity contribution in [3.63, 3.8) is 0 Å². The molecule has 0 saturated carbocycles. The highest BCUT2D eigenvalue weighted by Gasteiger charge is 2.50. The number of urea groups is 1. The molecule has 1 atom stereocenters. The highest BCUT2D eigenvalue weighted by Crippen LogP contribution is 2.36. The number of benzene rings is 2. The quantitative estimate of drug-likeness (QED) is 0.379. The molecule has 0 radical (unpaired) electrons. The van der Waals surface area contributed by atoms with Crippen LogP contribution < -0.4 is 15.4 Å². The van der Waals surface area contributed by atoms with Gasteiger partial charge in [-0.05, 0) is 53.1 Å². The van der Waals surface area contributed by atoms with Gasteiger partial charge in [0.15, 0.2) is 5.54 Å². The highest BCUT2D eigenvalue weighted by molar-refractivity contribution is 7.18. The predicted octanol–water partition coefficient (Wildman–Crippen LogP) is 4.18. The number of methoxy groups -OCH3 is 1. The Hall–Kier alpha value is -4.50. The van der Waals surface area contributed by atoms with Gasteiger partial charge in [-0.2, -0.15) is 0 Å². The average Bonchev–Trinajstić information content (AvgIpc) is 3.61. The van der Waals surface area contributed by atoms with Crippen LogP contribution in [-0.4, -0.2) is 41.4 Å².